The number of nitrogens with zero attached hydrogens (tertiary/aromatic N) is 1. The quantitative estimate of drug-likeness (QED) is 0.811. The summed E-state index contributed by atoms with van der Waals surface area (Å²) in [4.78, 5) is 13.6. The molecule has 1 amide bonds. The standard InChI is InChI=1S/C13H19BrN2O.ClH/c1-15-9-3-4-13(17)16(2)10-11-5-7-12(14)8-6-11;/h5-8,15H,3-4,9-10H2,1-2H3;1H. The van der Waals surface area contributed by atoms with Crippen molar-refractivity contribution >= 4 is 34.2 Å². The highest BCUT2D eigenvalue weighted by Crippen LogP contribution is 2.12. The molecule has 3 nitrogen and oxygen atoms in total. The van der Waals surface area contributed by atoms with Gasteiger partial charge in [-0.2, -0.15) is 0 Å². The molecule has 0 unspecified atom stereocenters. The van der Waals surface area contributed by atoms with E-state index in [1.165, 1.54) is 0 Å². The SMILES string of the molecule is CNCCCC(=O)N(C)Cc1ccc(Br)cc1.Cl. The zero-order valence-corrected chi connectivity index (χ0v) is 13.2. The van der Waals surface area contributed by atoms with Gasteiger partial charge in [-0.05, 0) is 37.7 Å². The summed E-state index contributed by atoms with van der Waals surface area (Å²) >= 11 is 3.40. The predicted molar refractivity (Wildman–Crippen MR) is 81.0 cm³/mol. The summed E-state index contributed by atoms with van der Waals surface area (Å²) in [5.74, 6) is 0.197. The topological polar surface area (TPSA) is 32.3 Å². The maximum Gasteiger partial charge on any atom is 0.222 e. The summed E-state index contributed by atoms with van der Waals surface area (Å²) in [5.41, 5.74) is 1.15. The van der Waals surface area contributed by atoms with Crippen LogP contribution in [0.3, 0.4) is 0 Å². The van der Waals surface area contributed by atoms with Crippen LogP contribution in [0.2, 0.25) is 0 Å². The molecule has 0 spiro atoms. The normalized spacial score (nSPS) is 9.72. The van der Waals surface area contributed by atoms with Gasteiger partial charge in [0.05, 0.1) is 0 Å². The third-order valence-corrected chi connectivity index (χ3v) is 3.10. The molecule has 102 valence electrons. The Bertz CT molecular complexity index is 357. The fourth-order valence-electron chi connectivity index (χ4n) is 1.56. The lowest BCUT2D eigenvalue weighted by atomic mass is 10.2. The van der Waals surface area contributed by atoms with E-state index in [1.54, 1.807) is 4.90 Å². The summed E-state index contributed by atoms with van der Waals surface area (Å²) in [6, 6.07) is 8.05. The molecule has 1 aromatic carbocycles. The highest BCUT2D eigenvalue weighted by atomic mass is 79.9. The summed E-state index contributed by atoms with van der Waals surface area (Å²) in [5, 5.41) is 3.04. The Morgan fingerprint density at radius 1 is 1.33 bits per heavy atom. The molecule has 0 heterocycles. The largest absolute Gasteiger partial charge is 0.341 e. The van der Waals surface area contributed by atoms with Gasteiger partial charge in [-0.15, -0.1) is 12.4 Å². The highest BCUT2D eigenvalue weighted by molar-refractivity contribution is 9.10. The van der Waals surface area contributed by atoms with E-state index in [0.717, 1.165) is 23.0 Å². The van der Waals surface area contributed by atoms with Crippen molar-refractivity contribution < 1.29 is 4.79 Å². The lowest BCUT2D eigenvalue weighted by molar-refractivity contribution is -0.130. The zero-order chi connectivity index (χ0) is 12.7. The van der Waals surface area contributed by atoms with Crippen molar-refractivity contribution in [2.24, 2.45) is 0 Å². The second-order valence-corrected chi connectivity index (χ2v) is 5.00. The molecule has 5 heteroatoms. The van der Waals surface area contributed by atoms with Gasteiger partial charge in [-0.3, -0.25) is 4.79 Å². The molecule has 0 bridgehead atoms. The fourth-order valence-corrected chi connectivity index (χ4v) is 1.82. The van der Waals surface area contributed by atoms with Gasteiger partial charge in [0.1, 0.15) is 0 Å². The lowest BCUT2D eigenvalue weighted by Gasteiger charge is -2.17. The number of carbonyl (C=O) groups is 1. The molecule has 0 atom stereocenters. The predicted octanol–water partition coefficient (Wildman–Crippen LogP) is 2.83. The lowest BCUT2D eigenvalue weighted by Crippen LogP contribution is -2.26. The van der Waals surface area contributed by atoms with Crippen LogP contribution in [0.25, 0.3) is 0 Å². The van der Waals surface area contributed by atoms with E-state index in [9.17, 15) is 4.79 Å². The molecule has 0 saturated carbocycles. The molecule has 0 saturated heterocycles. The van der Waals surface area contributed by atoms with Gasteiger partial charge in [-0.1, -0.05) is 28.1 Å². The maximum absolute atomic E-state index is 11.8. The van der Waals surface area contributed by atoms with Crippen LogP contribution < -0.4 is 5.32 Å². The molecule has 1 aromatic rings. The van der Waals surface area contributed by atoms with Crippen molar-refractivity contribution in [3.05, 3.63) is 34.3 Å². The summed E-state index contributed by atoms with van der Waals surface area (Å²) in [6.45, 7) is 1.56. The number of nitrogens with one attached hydrogen (secondary N) is 1. The molecule has 1 N–H and O–H groups in total. The van der Waals surface area contributed by atoms with E-state index < -0.39 is 0 Å². The Kier molecular flexibility index (Phi) is 9.06. The first kappa shape index (κ1) is 17.4. The second kappa shape index (κ2) is 9.36. The molecule has 0 fully saturated rings. The smallest absolute Gasteiger partial charge is 0.222 e. The van der Waals surface area contributed by atoms with Crippen LogP contribution in [0.5, 0.6) is 0 Å². The number of amides is 1. The average molecular weight is 336 g/mol. The van der Waals surface area contributed by atoms with E-state index >= 15 is 0 Å². The molecule has 18 heavy (non-hydrogen) atoms. The van der Waals surface area contributed by atoms with Gasteiger partial charge < -0.3 is 10.2 Å². The van der Waals surface area contributed by atoms with E-state index in [0.29, 0.717) is 13.0 Å². The van der Waals surface area contributed by atoms with Crippen LogP contribution >= 0.6 is 28.3 Å². The van der Waals surface area contributed by atoms with Gasteiger partial charge in [0.2, 0.25) is 5.91 Å². The summed E-state index contributed by atoms with van der Waals surface area (Å²) in [6.07, 6.45) is 1.49. The first-order valence-corrected chi connectivity index (χ1v) is 6.56. The number of carbonyl (C=O) groups excluding carboxylic acids is 1. The van der Waals surface area contributed by atoms with Crippen LogP contribution in [-0.4, -0.2) is 31.4 Å². The van der Waals surface area contributed by atoms with Gasteiger partial charge in [0, 0.05) is 24.5 Å². The number of hydrogen-bond donors (Lipinski definition) is 1. The van der Waals surface area contributed by atoms with Crippen LogP contribution in [0.4, 0.5) is 0 Å². The van der Waals surface area contributed by atoms with E-state index in [4.69, 9.17) is 0 Å². The molecule has 0 aromatic heterocycles. The highest BCUT2D eigenvalue weighted by Gasteiger charge is 2.08. The molecule has 0 radical (unpaired) electrons. The Morgan fingerprint density at radius 3 is 2.50 bits per heavy atom. The van der Waals surface area contributed by atoms with E-state index in [-0.39, 0.29) is 18.3 Å². The van der Waals surface area contributed by atoms with Crippen molar-refractivity contribution in [3.8, 4) is 0 Å². The molecule has 0 aliphatic rings. The number of hydrogen-bond acceptors (Lipinski definition) is 2. The summed E-state index contributed by atoms with van der Waals surface area (Å²) < 4.78 is 1.06. The van der Waals surface area contributed by atoms with Crippen molar-refractivity contribution in [2.45, 2.75) is 19.4 Å². The van der Waals surface area contributed by atoms with Crippen LogP contribution in [0.15, 0.2) is 28.7 Å². The van der Waals surface area contributed by atoms with Crippen molar-refractivity contribution in [2.75, 3.05) is 20.6 Å². The number of rotatable bonds is 6. The molecule has 0 aliphatic heterocycles. The van der Waals surface area contributed by atoms with Crippen molar-refractivity contribution in [1.82, 2.24) is 10.2 Å². The first-order chi connectivity index (χ1) is 8.13. The molecule has 1 rings (SSSR count). The molecular formula is C13H20BrClN2O. The van der Waals surface area contributed by atoms with Crippen LogP contribution in [0.1, 0.15) is 18.4 Å². The monoisotopic (exact) mass is 334 g/mol. The average Bonchev–Trinajstić information content (AvgIpc) is 2.32. The Labute approximate surface area is 123 Å². The summed E-state index contributed by atoms with van der Waals surface area (Å²) in [7, 11) is 3.75. The van der Waals surface area contributed by atoms with E-state index in [1.807, 2.05) is 38.4 Å². The Morgan fingerprint density at radius 2 is 1.94 bits per heavy atom. The fraction of sp³-hybridized carbons (Fsp3) is 0.462. The van der Waals surface area contributed by atoms with Gasteiger partial charge in [0.15, 0.2) is 0 Å². The third-order valence-electron chi connectivity index (χ3n) is 2.58. The second-order valence-electron chi connectivity index (χ2n) is 4.08. The minimum Gasteiger partial charge on any atom is -0.341 e. The number of halogens is 2. The van der Waals surface area contributed by atoms with Crippen molar-refractivity contribution in [1.29, 1.82) is 0 Å². The minimum atomic E-state index is 0. The maximum atomic E-state index is 11.8. The Balaban J connectivity index is 0.00000289. The first-order valence-electron chi connectivity index (χ1n) is 5.76. The third kappa shape index (κ3) is 6.38. The molecular weight excluding hydrogens is 316 g/mol. The van der Waals surface area contributed by atoms with Gasteiger partial charge in [0.25, 0.3) is 0 Å². The van der Waals surface area contributed by atoms with Crippen LogP contribution in [0, 0.1) is 0 Å². The Hall–Kier alpha value is -0.580. The van der Waals surface area contributed by atoms with E-state index in [2.05, 4.69) is 21.2 Å². The van der Waals surface area contributed by atoms with Gasteiger partial charge in [-0.25, -0.2) is 0 Å². The number of benzene rings is 1. The van der Waals surface area contributed by atoms with Gasteiger partial charge >= 0.3 is 0 Å². The van der Waals surface area contributed by atoms with Crippen molar-refractivity contribution in [3.63, 3.8) is 0 Å². The zero-order valence-electron chi connectivity index (χ0n) is 10.8. The minimum absolute atomic E-state index is 0. The van der Waals surface area contributed by atoms with Crippen LogP contribution in [-0.2, 0) is 11.3 Å². The molecule has 0 aliphatic carbocycles.